The molecule has 0 atom stereocenters. The number of benzene rings is 2. The quantitative estimate of drug-likeness (QED) is 0.637. The number of hydrogen-bond donors (Lipinski definition) is 2. The first-order valence-corrected chi connectivity index (χ1v) is 8.64. The second-order valence-corrected chi connectivity index (χ2v) is 6.08. The van der Waals surface area contributed by atoms with E-state index in [0.717, 1.165) is 5.56 Å². The van der Waals surface area contributed by atoms with Crippen LogP contribution in [-0.2, 0) is 4.79 Å². The Hall–Kier alpha value is -3.80. The van der Waals surface area contributed by atoms with E-state index in [9.17, 15) is 9.59 Å². The second-order valence-electron chi connectivity index (χ2n) is 6.08. The Balaban J connectivity index is 1.82. The third-order valence-electron chi connectivity index (χ3n) is 3.95. The van der Waals surface area contributed by atoms with Crippen LogP contribution in [0, 0.1) is 6.92 Å². The van der Waals surface area contributed by atoms with Crippen molar-refractivity contribution in [1.82, 2.24) is 5.32 Å². The van der Waals surface area contributed by atoms with Crippen LogP contribution in [0.1, 0.15) is 21.7 Å². The number of aryl methyl sites for hydroxylation is 1. The Morgan fingerprint density at radius 1 is 1.04 bits per heavy atom. The number of furan rings is 1. The van der Waals surface area contributed by atoms with Gasteiger partial charge in [-0.3, -0.25) is 9.59 Å². The Kier molecular flexibility index (Phi) is 5.91. The minimum absolute atomic E-state index is 0.0669. The van der Waals surface area contributed by atoms with Crippen molar-refractivity contribution in [2.45, 2.75) is 6.92 Å². The molecule has 0 bridgehead atoms. The van der Waals surface area contributed by atoms with Crippen LogP contribution in [0.15, 0.2) is 77.0 Å². The first kappa shape index (κ1) is 19.0. The van der Waals surface area contributed by atoms with Gasteiger partial charge in [-0.1, -0.05) is 12.1 Å². The highest BCUT2D eigenvalue weighted by atomic mass is 16.5. The lowest BCUT2D eigenvalue weighted by atomic mass is 10.2. The molecule has 0 unspecified atom stereocenters. The number of anilines is 1. The highest BCUT2D eigenvalue weighted by Gasteiger charge is 2.16. The summed E-state index contributed by atoms with van der Waals surface area (Å²) < 4.78 is 10.4. The van der Waals surface area contributed by atoms with Gasteiger partial charge in [-0.05, 0) is 61.0 Å². The Morgan fingerprint density at radius 3 is 2.46 bits per heavy atom. The van der Waals surface area contributed by atoms with E-state index in [4.69, 9.17) is 9.15 Å². The maximum Gasteiger partial charge on any atom is 0.272 e. The van der Waals surface area contributed by atoms with E-state index in [0.29, 0.717) is 22.8 Å². The summed E-state index contributed by atoms with van der Waals surface area (Å²) >= 11 is 0. The average molecular weight is 376 g/mol. The second kappa shape index (κ2) is 8.73. The lowest BCUT2D eigenvalue weighted by Gasteiger charge is -2.11. The summed E-state index contributed by atoms with van der Waals surface area (Å²) in [5.74, 6) is 0.216. The van der Waals surface area contributed by atoms with E-state index in [2.05, 4.69) is 10.6 Å². The molecule has 1 heterocycles. The SMILES string of the molecule is COc1ccc(C(=O)N/C(=C\c2ccco2)C(=O)Nc2cccc(C)c2)cc1. The molecule has 6 heteroatoms. The van der Waals surface area contributed by atoms with Gasteiger partial charge in [0.1, 0.15) is 17.2 Å². The Bertz CT molecular complexity index is 990. The van der Waals surface area contributed by atoms with Crippen molar-refractivity contribution in [2.75, 3.05) is 12.4 Å². The summed E-state index contributed by atoms with van der Waals surface area (Å²) in [4.78, 5) is 25.4. The van der Waals surface area contributed by atoms with Gasteiger partial charge in [0, 0.05) is 17.3 Å². The zero-order chi connectivity index (χ0) is 19.9. The topological polar surface area (TPSA) is 80.6 Å². The first-order valence-electron chi connectivity index (χ1n) is 8.64. The van der Waals surface area contributed by atoms with Gasteiger partial charge in [-0.2, -0.15) is 0 Å². The van der Waals surface area contributed by atoms with Gasteiger partial charge >= 0.3 is 0 Å². The van der Waals surface area contributed by atoms with E-state index in [1.54, 1.807) is 49.6 Å². The summed E-state index contributed by atoms with van der Waals surface area (Å²) in [5.41, 5.74) is 2.11. The largest absolute Gasteiger partial charge is 0.497 e. The maximum atomic E-state index is 12.8. The van der Waals surface area contributed by atoms with Crippen molar-refractivity contribution >= 4 is 23.6 Å². The third-order valence-corrected chi connectivity index (χ3v) is 3.95. The van der Waals surface area contributed by atoms with E-state index < -0.39 is 11.8 Å². The van der Waals surface area contributed by atoms with Gasteiger partial charge in [-0.15, -0.1) is 0 Å². The highest BCUT2D eigenvalue weighted by Crippen LogP contribution is 2.14. The van der Waals surface area contributed by atoms with Crippen LogP contribution in [0.5, 0.6) is 5.75 Å². The van der Waals surface area contributed by atoms with Crippen LogP contribution in [0.2, 0.25) is 0 Å². The smallest absolute Gasteiger partial charge is 0.272 e. The Labute approximate surface area is 162 Å². The number of hydrogen-bond acceptors (Lipinski definition) is 4. The van der Waals surface area contributed by atoms with E-state index in [-0.39, 0.29) is 5.70 Å². The first-order chi connectivity index (χ1) is 13.5. The number of amides is 2. The van der Waals surface area contributed by atoms with E-state index in [1.807, 2.05) is 25.1 Å². The number of ether oxygens (including phenoxy) is 1. The zero-order valence-electron chi connectivity index (χ0n) is 15.6. The van der Waals surface area contributed by atoms with Crippen LogP contribution in [-0.4, -0.2) is 18.9 Å². The molecule has 28 heavy (non-hydrogen) atoms. The number of rotatable bonds is 6. The molecular weight excluding hydrogens is 356 g/mol. The average Bonchev–Trinajstić information content (AvgIpc) is 3.20. The molecule has 0 spiro atoms. The Morgan fingerprint density at radius 2 is 1.82 bits per heavy atom. The van der Waals surface area contributed by atoms with Crippen LogP contribution in [0.3, 0.4) is 0 Å². The summed E-state index contributed by atoms with van der Waals surface area (Å²) in [6.45, 7) is 1.93. The van der Waals surface area contributed by atoms with Gasteiger partial charge in [0.05, 0.1) is 13.4 Å². The molecule has 0 aliphatic heterocycles. The normalized spacial score (nSPS) is 11.0. The fourth-order valence-electron chi connectivity index (χ4n) is 2.53. The van der Waals surface area contributed by atoms with Crippen LogP contribution in [0.4, 0.5) is 5.69 Å². The maximum absolute atomic E-state index is 12.8. The number of methoxy groups -OCH3 is 1. The third kappa shape index (κ3) is 4.88. The van der Waals surface area contributed by atoms with Crippen molar-refractivity contribution in [3.05, 3.63) is 89.5 Å². The summed E-state index contributed by atoms with van der Waals surface area (Å²) in [7, 11) is 1.55. The molecular formula is C22H20N2O4. The fraction of sp³-hybridized carbons (Fsp3) is 0.0909. The molecule has 3 rings (SSSR count). The summed E-state index contributed by atoms with van der Waals surface area (Å²) in [6, 6.07) is 17.4. The van der Waals surface area contributed by atoms with Gasteiger partial charge in [0.25, 0.3) is 11.8 Å². The zero-order valence-corrected chi connectivity index (χ0v) is 15.6. The molecule has 3 aromatic rings. The van der Waals surface area contributed by atoms with E-state index in [1.165, 1.54) is 12.3 Å². The van der Waals surface area contributed by atoms with Crippen molar-refractivity contribution in [3.8, 4) is 5.75 Å². The van der Waals surface area contributed by atoms with E-state index >= 15 is 0 Å². The lowest BCUT2D eigenvalue weighted by molar-refractivity contribution is -0.113. The standard InChI is InChI=1S/C22H20N2O4/c1-15-5-3-6-17(13-15)23-22(26)20(14-19-7-4-12-28-19)24-21(25)16-8-10-18(27-2)11-9-16/h3-14H,1-2H3,(H,23,26)(H,24,25)/b20-14-. The highest BCUT2D eigenvalue weighted by molar-refractivity contribution is 6.10. The molecule has 2 N–H and O–H groups in total. The van der Waals surface area contributed by atoms with Gasteiger partial charge in [-0.25, -0.2) is 0 Å². The predicted molar refractivity (Wildman–Crippen MR) is 107 cm³/mol. The van der Waals surface area contributed by atoms with Crippen LogP contribution >= 0.6 is 0 Å². The lowest BCUT2D eigenvalue weighted by Crippen LogP contribution is -2.30. The fourth-order valence-corrected chi connectivity index (χ4v) is 2.53. The number of carbonyl (C=O) groups is 2. The van der Waals surface area contributed by atoms with Crippen LogP contribution < -0.4 is 15.4 Å². The molecule has 6 nitrogen and oxygen atoms in total. The molecule has 0 saturated carbocycles. The van der Waals surface area contributed by atoms with Crippen LogP contribution in [0.25, 0.3) is 6.08 Å². The predicted octanol–water partition coefficient (Wildman–Crippen LogP) is 4.01. The van der Waals surface area contributed by atoms with Gasteiger partial charge in [0.2, 0.25) is 0 Å². The van der Waals surface area contributed by atoms with Gasteiger partial charge < -0.3 is 19.8 Å². The molecule has 2 aromatic carbocycles. The molecule has 1 aromatic heterocycles. The number of carbonyl (C=O) groups excluding carboxylic acids is 2. The molecule has 0 saturated heterocycles. The monoisotopic (exact) mass is 376 g/mol. The molecule has 0 radical (unpaired) electrons. The summed E-state index contributed by atoms with van der Waals surface area (Å²) in [5, 5.41) is 5.44. The van der Waals surface area contributed by atoms with Crippen molar-refractivity contribution < 1.29 is 18.7 Å². The van der Waals surface area contributed by atoms with Gasteiger partial charge in [0.15, 0.2) is 0 Å². The minimum atomic E-state index is -0.455. The van der Waals surface area contributed by atoms with Crippen molar-refractivity contribution in [3.63, 3.8) is 0 Å². The molecule has 0 aliphatic carbocycles. The van der Waals surface area contributed by atoms with Crippen molar-refractivity contribution in [2.24, 2.45) is 0 Å². The molecule has 2 amide bonds. The molecule has 0 fully saturated rings. The number of nitrogens with one attached hydrogen (secondary N) is 2. The van der Waals surface area contributed by atoms with Crippen molar-refractivity contribution in [1.29, 1.82) is 0 Å². The minimum Gasteiger partial charge on any atom is -0.497 e. The molecule has 0 aliphatic rings. The molecule has 142 valence electrons. The summed E-state index contributed by atoms with van der Waals surface area (Å²) in [6.07, 6.45) is 2.97.